The number of ether oxygens (including phenoxy) is 1. The van der Waals surface area contributed by atoms with Crippen molar-refractivity contribution in [2.75, 3.05) is 7.11 Å². The Morgan fingerprint density at radius 2 is 2.14 bits per heavy atom. The monoisotopic (exact) mass is 463 g/mol. The number of carbonyl (C=O) groups is 2. The van der Waals surface area contributed by atoms with E-state index < -0.39 is 17.9 Å². The molecule has 3 aliphatic rings. The molecule has 29 heavy (non-hydrogen) atoms. The quantitative estimate of drug-likeness (QED) is 0.717. The van der Waals surface area contributed by atoms with Gasteiger partial charge in [-0.25, -0.2) is 4.79 Å². The second kappa shape index (κ2) is 7.40. The van der Waals surface area contributed by atoms with E-state index in [2.05, 4.69) is 21.2 Å². The van der Waals surface area contributed by atoms with Crippen molar-refractivity contribution in [1.29, 1.82) is 0 Å². The molecule has 2 heterocycles. The minimum atomic E-state index is -1.42. The molecule has 1 saturated carbocycles. The minimum Gasteiger partial charge on any atom is -0.453 e. The van der Waals surface area contributed by atoms with E-state index in [-0.39, 0.29) is 23.8 Å². The summed E-state index contributed by atoms with van der Waals surface area (Å²) >= 11 is 3.48. The zero-order valence-corrected chi connectivity index (χ0v) is 18.4. The summed E-state index contributed by atoms with van der Waals surface area (Å²) in [6, 6.07) is 5.03. The number of amides is 2. The molecule has 2 aliphatic heterocycles. The van der Waals surface area contributed by atoms with Crippen molar-refractivity contribution in [3.63, 3.8) is 0 Å². The van der Waals surface area contributed by atoms with Crippen LogP contribution < -0.4 is 5.32 Å². The number of piperidine rings is 1. The Kier molecular flexibility index (Phi) is 5.19. The number of alkyl carbamates (subject to hydrolysis) is 1. The number of nitrogens with one attached hydrogen (secondary N) is 1. The Hall–Kier alpha value is -1.93. The maximum Gasteiger partial charge on any atom is 0.407 e. The predicted octanol–water partition coefficient (Wildman–Crippen LogP) is 3.16. The van der Waals surface area contributed by atoms with Gasteiger partial charge in [0.25, 0.3) is 0 Å². The van der Waals surface area contributed by atoms with E-state index >= 15 is 0 Å². The van der Waals surface area contributed by atoms with Crippen molar-refractivity contribution in [1.82, 2.24) is 10.2 Å². The Morgan fingerprint density at radius 3 is 2.83 bits per heavy atom. The molecule has 1 aliphatic carbocycles. The van der Waals surface area contributed by atoms with E-state index in [0.717, 1.165) is 35.0 Å². The third-order valence-electron chi connectivity index (χ3n) is 6.42. The fourth-order valence-corrected chi connectivity index (χ4v) is 5.40. The molecule has 8 heteroatoms. The molecule has 0 aromatic heterocycles. The van der Waals surface area contributed by atoms with Crippen LogP contribution in [0.4, 0.5) is 10.5 Å². The van der Waals surface area contributed by atoms with Crippen LogP contribution in [0.5, 0.6) is 0 Å². The Balaban J connectivity index is 1.67. The predicted molar refractivity (Wildman–Crippen MR) is 112 cm³/mol. The molecule has 4 atom stereocenters. The number of halogens is 1. The molecule has 7 nitrogen and oxygen atoms in total. The van der Waals surface area contributed by atoms with Gasteiger partial charge in [0.05, 0.1) is 18.5 Å². The molecular weight excluding hydrogens is 438 g/mol. The maximum atomic E-state index is 13.6. The number of hydrogen-bond donors (Lipinski definition) is 2. The van der Waals surface area contributed by atoms with E-state index in [1.54, 1.807) is 4.90 Å². The summed E-state index contributed by atoms with van der Waals surface area (Å²) in [7, 11) is 1.27. The summed E-state index contributed by atoms with van der Waals surface area (Å²) in [4.78, 5) is 31.7. The molecule has 2 fully saturated rings. The van der Waals surface area contributed by atoms with Gasteiger partial charge in [0, 0.05) is 22.9 Å². The molecule has 1 saturated heterocycles. The second-order valence-electron chi connectivity index (χ2n) is 8.46. The third-order valence-corrected chi connectivity index (χ3v) is 6.91. The number of likely N-dealkylation sites (tertiary alicyclic amines) is 1. The maximum absolute atomic E-state index is 13.6. The molecule has 1 aromatic carbocycles. The SMILES string of the molecule is COC(=O)N[C@H](C(=O)N1[C@@H]2CC[C@@H](C2)[C@@]1(O)C1=Nc2ccc(Br)cc2C1)C(C)C. The summed E-state index contributed by atoms with van der Waals surface area (Å²) in [5, 5.41) is 14.5. The lowest BCUT2D eigenvalue weighted by Crippen LogP contribution is -2.64. The van der Waals surface area contributed by atoms with Crippen molar-refractivity contribution >= 4 is 39.3 Å². The fourth-order valence-electron chi connectivity index (χ4n) is 4.99. The summed E-state index contributed by atoms with van der Waals surface area (Å²) in [6.45, 7) is 3.73. The first-order valence-corrected chi connectivity index (χ1v) is 10.8. The molecule has 2 bridgehead atoms. The molecule has 1 aromatic rings. The van der Waals surface area contributed by atoms with Crippen molar-refractivity contribution < 1.29 is 19.4 Å². The van der Waals surface area contributed by atoms with Gasteiger partial charge in [0.15, 0.2) is 5.72 Å². The van der Waals surface area contributed by atoms with Gasteiger partial charge in [-0.3, -0.25) is 9.79 Å². The highest BCUT2D eigenvalue weighted by atomic mass is 79.9. The van der Waals surface area contributed by atoms with Gasteiger partial charge >= 0.3 is 6.09 Å². The molecule has 156 valence electrons. The standard InChI is InChI=1S/C21H26BrN3O4/c1-11(2)18(24-20(27)29-3)19(26)25-15-6-4-13(10-15)21(25,28)17-9-12-8-14(22)5-7-16(12)23-17/h5,7-8,11,13,15,18,28H,4,6,9-10H2,1-3H3,(H,24,27)/t13-,15+,18-,21+/m0/s1. The highest BCUT2D eigenvalue weighted by Crippen LogP contribution is 2.51. The first-order chi connectivity index (χ1) is 13.8. The summed E-state index contributed by atoms with van der Waals surface area (Å²) in [5.41, 5.74) is 1.06. The second-order valence-corrected chi connectivity index (χ2v) is 9.38. The largest absolute Gasteiger partial charge is 0.453 e. The zero-order valence-electron chi connectivity index (χ0n) is 16.8. The zero-order chi connectivity index (χ0) is 20.9. The molecule has 0 spiro atoms. The lowest BCUT2D eigenvalue weighted by atomic mass is 9.87. The van der Waals surface area contributed by atoms with E-state index in [4.69, 9.17) is 9.73 Å². The molecule has 2 amide bonds. The summed E-state index contributed by atoms with van der Waals surface area (Å²) < 4.78 is 5.66. The van der Waals surface area contributed by atoms with Crippen LogP contribution in [0.3, 0.4) is 0 Å². The van der Waals surface area contributed by atoms with Gasteiger partial charge in [-0.1, -0.05) is 29.8 Å². The third kappa shape index (κ3) is 3.26. The Bertz CT molecular complexity index is 887. The smallest absolute Gasteiger partial charge is 0.407 e. The normalized spacial score (nSPS) is 28.3. The van der Waals surface area contributed by atoms with Crippen LogP contribution in [0.1, 0.15) is 38.7 Å². The van der Waals surface area contributed by atoms with E-state index in [9.17, 15) is 14.7 Å². The van der Waals surface area contributed by atoms with E-state index in [0.29, 0.717) is 12.1 Å². The van der Waals surface area contributed by atoms with Crippen LogP contribution in [-0.4, -0.2) is 52.6 Å². The van der Waals surface area contributed by atoms with Crippen molar-refractivity contribution in [2.24, 2.45) is 16.8 Å². The van der Waals surface area contributed by atoms with E-state index in [1.807, 2.05) is 32.0 Å². The molecular formula is C21H26BrN3O4. The fraction of sp³-hybridized carbons (Fsp3) is 0.571. The Morgan fingerprint density at radius 1 is 1.38 bits per heavy atom. The number of rotatable bonds is 4. The van der Waals surface area contributed by atoms with E-state index in [1.165, 1.54) is 7.11 Å². The van der Waals surface area contributed by atoms with Crippen molar-refractivity contribution in [3.05, 3.63) is 28.2 Å². The van der Waals surface area contributed by atoms with Gasteiger partial charge in [0.2, 0.25) is 5.91 Å². The van der Waals surface area contributed by atoms with Crippen LogP contribution in [0.15, 0.2) is 27.7 Å². The van der Waals surface area contributed by atoms with Crippen LogP contribution in [0.2, 0.25) is 0 Å². The van der Waals surface area contributed by atoms with Crippen LogP contribution >= 0.6 is 15.9 Å². The Labute approximate surface area is 178 Å². The number of aliphatic hydroxyl groups is 1. The minimum absolute atomic E-state index is 0.0427. The van der Waals surface area contributed by atoms with Gasteiger partial charge in [0.1, 0.15) is 6.04 Å². The average Bonchev–Trinajstić information content (AvgIpc) is 3.38. The number of benzene rings is 1. The number of methoxy groups -OCH3 is 1. The number of hydrogen-bond acceptors (Lipinski definition) is 5. The number of fused-ring (bicyclic) bond motifs is 3. The molecule has 2 N–H and O–H groups in total. The number of nitrogens with zero attached hydrogens (tertiary/aromatic N) is 2. The summed E-state index contributed by atoms with van der Waals surface area (Å²) in [5.74, 6) is -0.470. The lowest BCUT2D eigenvalue weighted by molar-refractivity contribution is -0.157. The summed E-state index contributed by atoms with van der Waals surface area (Å²) in [6.07, 6.45) is 2.33. The van der Waals surface area contributed by atoms with Gasteiger partial charge in [-0.2, -0.15) is 0 Å². The van der Waals surface area contributed by atoms with Crippen LogP contribution in [0.25, 0.3) is 0 Å². The van der Waals surface area contributed by atoms with Gasteiger partial charge in [-0.15, -0.1) is 0 Å². The number of carbonyl (C=O) groups excluding carboxylic acids is 2. The topological polar surface area (TPSA) is 91.2 Å². The lowest BCUT2D eigenvalue weighted by Gasteiger charge is -2.44. The molecule has 0 radical (unpaired) electrons. The van der Waals surface area contributed by atoms with Crippen molar-refractivity contribution in [2.45, 2.75) is 57.3 Å². The first kappa shape index (κ1) is 20.3. The molecule has 4 rings (SSSR count). The van der Waals surface area contributed by atoms with Crippen LogP contribution in [-0.2, 0) is 16.0 Å². The van der Waals surface area contributed by atoms with Crippen LogP contribution in [0, 0.1) is 11.8 Å². The van der Waals surface area contributed by atoms with Gasteiger partial charge in [-0.05, 0) is 48.9 Å². The first-order valence-electron chi connectivity index (χ1n) is 10.0. The van der Waals surface area contributed by atoms with Gasteiger partial charge < -0.3 is 20.1 Å². The van der Waals surface area contributed by atoms with Crippen molar-refractivity contribution in [3.8, 4) is 0 Å². The average molecular weight is 464 g/mol. The highest BCUT2D eigenvalue weighted by molar-refractivity contribution is 9.10. The molecule has 0 unspecified atom stereocenters. The number of aliphatic imine (C=N–C) groups is 1. The highest BCUT2D eigenvalue weighted by Gasteiger charge is 2.61.